The molecular formula is C20H38O. The monoisotopic (exact) mass is 294 g/mol. The van der Waals surface area contributed by atoms with Crippen LogP contribution in [0.2, 0.25) is 0 Å². The van der Waals surface area contributed by atoms with Gasteiger partial charge in [-0.15, -0.1) is 0 Å². The van der Waals surface area contributed by atoms with E-state index in [0.717, 1.165) is 23.7 Å². The molecule has 0 radical (unpaired) electrons. The van der Waals surface area contributed by atoms with E-state index in [9.17, 15) is 5.11 Å². The van der Waals surface area contributed by atoms with Crippen molar-refractivity contribution >= 4 is 0 Å². The van der Waals surface area contributed by atoms with Crippen LogP contribution in [0.25, 0.3) is 0 Å². The molecule has 0 heterocycles. The maximum Gasteiger partial charge on any atom is 0.0487 e. The molecule has 0 bridgehead atoms. The standard InChI is InChI=1S/C20H38O/c1-6-15(2)8-10-17-16(3)9-11-18-19(4,14-21)12-7-13-20(17,18)5/h15-18,21H,6-14H2,1-5H3. The maximum atomic E-state index is 10.0. The Morgan fingerprint density at radius 1 is 1.19 bits per heavy atom. The van der Waals surface area contributed by atoms with Crippen molar-refractivity contribution in [1.82, 2.24) is 0 Å². The summed E-state index contributed by atoms with van der Waals surface area (Å²) in [5.41, 5.74) is 0.655. The summed E-state index contributed by atoms with van der Waals surface area (Å²) >= 11 is 0. The minimum Gasteiger partial charge on any atom is -0.396 e. The van der Waals surface area contributed by atoms with Gasteiger partial charge in [-0.2, -0.15) is 0 Å². The first-order valence-corrected chi connectivity index (χ1v) is 9.48. The largest absolute Gasteiger partial charge is 0.396 e. The predicted molar refractivity (Wildman–Crippen MR) is 91.2 cm³/mol. The van der Waals surface area contributed by atoms with Gasteiger partial charge in [0.15, 0.2) is 0 Å². The average Bonchev–Trinajstić information content (AvgIpc) is 2.45. The summed E-state index contributed by atoms with van der Waals surface area (Å²) in [6.07, 6.45) is 10.8. The lowest BCUT2D eigenvalue weighted by Crippen LogP contribution is -2.53. The van der Waals surface area contributed by atoms with E-state index in [2.05, 4.69) is 34.6 Å². The summed E-state index contributed by atoms with van der Waals surface area (Å²) in [6.45, 7) is 12.5. The third kappa shape index (κ3) is 3.19. The Balaban J connectivity index is 2.18. The highest BCUT2D eigenvalue weighted by atomic mass is 16.3. The first-order chi connectivity index (χ1) is 9.87. The highest BCUT2D eigenvalue weighted by Crippen LogP contribution is 2.62. The second-order valence-electron chi connectivity index (χ2n) is 8.98. The number of rotatable bonds is 5. The lowest BCUT2D eigenvalue weighted by atomic mass is 9.45. The first-order valence-electron chi connectivity index (χ1n) is 9.48. The van der Waals surface area contributed by atoms with Gasteiger partial charge in [-0.25, -0.2) is 0 Å². The molecule has 0 aromatic carbocycles. The zero-order chi connectivity index (χ0) is 15.7. The number of aliphatic hydroxyl groups is 1. The molecule has 1 nitrogen and oxygen atoms in total. The van der Waals surface area contributed by atoms with Gasteiger partial charge in [-0.1, -0.05) is 60.3 Å². The van der Waals surface area contributed by atoms with Crippen molar-refractivity contribution in [3.63, 3.8) is 0 Å². The van der Waals surface area contributed by atoms with Crippen LogP contribution in [-0.2, 0) is 0 Å². The van der Waals surface area contributed by atoms with Crippen LogP contribution in [0.4, 0.5) is 0 Å². The van der Waals surface area contributed by atoms with Crippen LogP contribution >= 0.6 is 0 Å². The fourth-order valence-electron chi connectivity index (χ4n) is 5.89. The molecule has 6 unspecified atom stereocenters. The molecule has 0 amide bonds. The highest BCUT2D eigenvalue weighted by molar-refractivity contribution is 5.03. The third-order valence-corrected chi connectivity index (χ3v) is 7.57. The van der Waals surface area contributed by atoms with Crippen molar-refractivity contribution in [2.75, 3.05) is 6.61 Å². The Bertz CT molecular complexity index is 339. The van der Waals surface area contributed by atoms with Gasteiger partial charge in [-0.05, 0) is 60.2 Å². The van der Waals surface area contributed by atoms with E-state index in [4.69, 9.17) is 0 Å². The van der Waals surface area contributed by atoms with E-state index in [1.165, 1.54) is 51.4 Å². The van der Waals surface area contributed by atoms with Crippen molar-refractivity contribution in [2.24, 2.45) is 34.5 Å². The van der Waals surface area contributed by atoms with Gasteiger partial charge in [0, 0.05) is 6.61 Å². The summed E-state index contributed by atoms with van der Waals surface area (Å²) in [5, 5.41) is 10.0. The molecule has 1 N–H and O–H groups in total. The molecule has 2 fully saturated rings. The molecule has 0 aliphatic heterocycles. The van der Waals surface area contributed by atoms with Crippen molar-refractivity contribution in [1.29, 1.82) is 0 Å². The molecule has 1 heteroatoms. The van der Waals surface area contributed by atoms with Gasteiger partial charge < -0.3 is 5.11 Å². The molecule has 0 aromatic rings. The first kappa shape index (κ1) is 17.3. The second-order valence-corrected chi connectivity index (χ2v) is 8.98. The Kier molecular flexibility index (Phi) is 5.45. The van der Waals surface area contributed by atoms with Gasteiger partial charge >= 0.3 is 0 Å². The normalized spacial score (nSPS) is 45.1. The van der Waals surface area contributed by atoms with Gasteiger partial charge in [0.05, 0.1) is 0 Å². The van der Waals surface area contributed by atoms with Crippen LogP contribution in [0.1, 0.15) is 86.0 Å². The van der Waals surface area contributed by atoms with Gasteiger partial charge in [0.25, 0.3) is 0 Å². The molecule has 6 atom stereocenters. The van der Waals surface area contributed by atoms with Crippen molar-refractivity contribution in [3.05, 3.63) is 0 Å². The fraction of sp³-hybridized carbons (Fsp3) is 1.00. The van der Waals surface area contributed by atoms with E-state index in [0.29, 0.717) is 12.0 Å². The Hall–Kier alpha value is -0.0400. The smallest absolute Gasteiger partial charge is 0.0487 e. The van der Waals surface area contributed by atoms with E-state index in [1.807, 2.05) is 0 Å². The van der Waals surface area contributed by atoms with Gasteiger partial charge in [-0.3, -0.25) is 0 Å². The zero-order valence-corrected chi connectivity index (χ0v) is 15.1. The maximum absolute atomic E-state index is 10.0. The van der Waals surface area contributed by atoms with Crippen molar-refractivity contribution < 1.29 is 5.11 Å². The number of fused-ring (bicyclic) bond motifs is 1. The summed E-state index contributed by atoms with van der Waals surface area (Å²) < 4.78 is 0. The average molecular weight is 295 g/mol. The summed E-state index contributed by atoms with van der Waals surface area (Å²) in [6, 6.07) is 0. The molecule has 2 aliphatic rings. The molecule has 0 saturated heterocycles. The zero-order valence-electron chi connectivity index (χ0n) is 15.1. The molecular weight excluding hydrogens is 256 g/mol. The van der Waals surface area contributed by atoms with E-state index < -0.39 is 0 Å². The van der Waals surface area contributed by atoms with E-state index >= 15 is 0 Å². The molecule has 0 aromatic heterocycles. The SMILES string of the molecule is CCC(C)CCC1C(C)CCC2C(C)(CO)CCCC12C. The summed E-state index contributed by atoms with van der Waals surface area (Å²) in [5.74, 6) is 3.35. The van der Waals surface area contributed by atoms with E-state index in [-0.39, 0.29) is 5.41 Å². The third-order valence-electron chi connectivity index (χ3n) is 7.57. The quantitative estimate of drug-likeness (QED) is 0.693. The van der Waals surface area contributed by atoms with Crippen LogP contribution in [0.5, 0.6) is 0 Å². The number of hydrogen-bond donors (Lipinski definition) is 1. The van der Waals surface area contributed by atoms with Crippen LogP contribution in [0.3, 0.4) is 0 Å². The molecule has 2 rings (SSSR count). The van der Waals surface area contributed by atoms with Crippen molar-refractivity contribution in [2.45, 2.75) is 86.0 Å². The molecule has 0 spiro atoms. The number of hydrogen-bond acceptors (Lipinski definition) is 1. The minimum absolute atomic E-state index is 0.182. The fourth-order valence-corrected chi connectivity index (χ4v) is 5.89. The van der Waals surface area contributed by atoms with E-state index in [1.54, 1.807) is 0 Å². The molecule has 124 valence electrons. The topological polar surface area (TPSA) is 20.2 Å². The lowest BCUT2D eigenvalue weighted by Gasteiger charge is -2.59. The minimum atomic E-state index is 0.182. The second kappa shape index (κ2) is 6.60. The highest BCUT2D eigenvalue weighted by Gasteiger charge is 2.54. The summed E-state index contributed by atoms with van der Waals surface area (Å²) in [7, 11) is 0. The van der Waals surface area contributed by atoms with Gasteiger partial charge in [0.1, 0.15) is 0 Å². The van der Waals surface area contributed by atoms with Crippen LogP contribution in [0.15, 0.2) is 0 Å². The van der Waals surface area contributed by atoms with Gasteiger partial charge in [0.2, 0.25) is 0 Å². The Morgan fingerprint density at radius 2 is 1.90 bits per heavy atom. The lowest BCUT2D eigenvalue weighted by molar-refractivity contribution is -0.120. The molecule has 2 saturated carbocycles. The predicted octanol–water partition coefficient (Wildman–Crippen LogP) is 5.66. The van der Waals surface area contributed by atoms with Crippen LogP contribution in [-0.4, -0.2) is 11.7 Å². The molecule has 2 aliphatic carbocycles. The Morgan fingerprint density at radius 3 is 2.52 bits per heavy atom. The van der Waals surface area contributed by atoms with Crippen LogP contribution in [0, 0.1) is 34.5 Å². The van der Waals surface area contributed by atoms with Crippen molar-refractivity contribution in [3.8, 4) is 0 Å². The molecule has 21 heavy (non-hydrogen) atoms. The van der Waals surface area contributed by atoms with Crippen LogP contribution < -0.4 is 0 Å². The Labute approximate surface area is 132 Å². The summed E-state index contributed by atoms with van der Waals surface area (Å²) in [4.78, 5) is 0. The number of aliphatic hydroxyl groups excluding tert-OH is 1.